The van der Waals surface area contributed by atoms with Crippen LogP contribution < -0.4 is 9.47 Å². The van der Waals surface area contributed by atoms with E-state index in [0.29, 0.717) is 24.4 Å². The minimum Gasteiger partial charge on any atom is -0.467 e. The molecule has 4 rings (SSSR count). The van der Waals surface area contributed by atoms with Crippen LogP contribution in [0.1, 0.15) is 53.4 Å². The molecule has 1 aromatic heterocycles. The summed E-state index contributed by atoms with van der Waals surface area (Å²) in [5.74, 6) is 2.18. The Labute approximate surface area is 177 Å². The van der Waals surface area contributed by atoms with Crippen molar-refractivity contribution in [2.75, 3.05) is 6.79 Å². The average Bonchev–Trinajstić information content (AvgIpc) is 3.45. The van der Waals surface area contributed by atoms with Gasteiger partial charge in [0.25, 0.3) is 5.91 Å². The number of amides is 1. The minimum absolute atomic E-state index is 0.0239. The van der Waals surface area contributed by atoms with E-state index >= 15 is 0 Å². The van der Waals surface area contributed by atoms with Crippen molar-refractivity contribution in [3.63, 3.8) is 0 Å². The number of nitrogens with zero attached hydrogens (tertiary/aromatic N) is 1. The van der Waals surface area contributed by atoms with Crippen molar-refractivity contribution < 1.29 is 18.7 Å². The summed E-state index contributed by atoms with van der Waals surface area (Å²) in [6.07, 6.45) is 6.29. The molecule has 5 nitrogen and oxygen atoms in total. The van der Waals surface area contributed by atoms with Gasteiger partial charge in [-0.05, 0) is 60.4 Å². The zero-order chi connectivity index (χ0) is 20.8. The van der Waals surface area contributed by atoms with Crippen molar-refractivity contribution in [3.05, 3.63) is 83.3 Å². The molecule has 0 unspecified atom stereocenters. The van der Waals surface area contributed by atoms with Gasteiger partial charge in [-0.25, -0.2) is 0 Å². The highest BCUT2D eigenvalue weighted by atomic mass is 16.7. The largest absolute Gasteiger partial charge is 0.467 e. The third kappa shape index (κ3) is 4.85. The summed E-state index contributed by atoms with van der Waals surface area (Å²) < 4.78 is 16.4. The molecule has 0 radical (unpaired) electrons. The smallest absolute Gasteiger partial charge is 0.254 e. The van der Waals surface area contributed by atoms with Gasteiger partial charge >= 0.3 is 0 Å². The van der Waals surface area contributed by atoms with Crippen LogP contribution in [0.25, 0.3) is 0 Å². The highest BCUT2D eigenvalue weighted by molar-refractivity contribution is 5.94. The second kappa shape index (κ2) is 9.53. The Morgan fingerprint density at radius 3 is 2.50 bits per heavy atom. The zero-order valence-electron chi connectivity index (χ0n) is 17.3. The number of furan rings is 1. The lowest BCUT2D eigenvalue weighted by Crippen LogP contribution is -2.30. The summed E-state index contributed by atoms with van der Waals surface area (Å²) in [7, 11) is 0. The van der Waals surface area contributed by atoms with E-state index in [4.69, 9.17) is 13.9 Å². The molecule has 3 aromatic rings. The van der Waals surface area contributed by atoms with Crippen LogP contribution in [0.2, 0.25) is 0 Å². The third-order valence-corrected chi connectivity index (χ3v) is 5.29. The topological polar surface area (TPSA) is 51.9 Å². The van der Waals surface area contributed by atoms with E-state index in [-0.39, 0.29) is 12.7 Å². The first-order valence-electron chi connectivity index (χ1n) is 10.5. The second-order valence-corrected chi connectivity index (χ2v) is 7.58. The van der Waals surface area contributed by atoms with E-state index < -0.39 is 0 Å². The fourth-order valence-electron chi connectivity index (χ4n) is 3.63. The number of fused-ring (bicyclic) bond motifs is 1. The van der Waals surface area contributed by atoms with Crippen molar-refractivity contribution in [3.8, 4) is 11.5 Å². The van der Waals surface area contributed by atoms with E-state index in [1.807, 2.05) is 42.5 Å². The van der Waals surface area contributed by atoms with Gasteiger partial charge in [-0.1, -0.05) is 38.0 Å². The van der Waals surface area contributed by atoms with Crippen LogP contribution in [0.4, 0.5) is 0 Å². The predicted molar refractivity (Wildman–Crippen MR) is 115 cm³/mol. The van der Waals surface area contributed by atoms with Crippen LogP contribution in [-0.2, 0) is 19.5 Å². The molecule has 0 bridgehead atoms. The lowest BCUT2D eigenvalue weighted by molar-refractivity contribution is 0.0717. The van der Waals surface area contributed by atoms with Crippen LogP contribution in [0.3, 0.4) is 0 Å². The summed E-state index contributed by atoms with van der Waals surface area (Å²) in [6, 6.07) is 17.5. The molecule has 0 atom stereocenters. The summed E-state index contributed by atoms with van der Waals surface area (Å²) in [5.41, 5.74) is 2.94. The summed E-state index contributed by atoms with van der Waals surface area (Å²) in [6.45, 7) is 3.29. The van der Waals surface area contributed by atoms with Crippen molar-refractivity contribution in [1.29, 1.82) is 0 Å². The van der Waals surface area contributed by atoms with Crippen LogP contribution in [0.15, 0.2) is 65.3 Å². The highest BCUT2D eigenvalue weighted by Gasteiger charge is 2.20. The number of hydrogen-bond acceptors (Lipinski definition) is 4. The normalized spacial score (nSPS) is 12.2. The van der Waals surface area contributed by atoms with Crippen LogP contribution >= 0.6 is 0 Å². The standard InChI is InChI=1S/C25H27NO4/c1-2-3-4-6-19-8-11-21(12-9-19)25(27)26(17-22-7-5-14-28-22)16-20-10-13-23-24(15-20)30-18-29-23/h5,7-15H,2-4,6,16-18H2,1H3. The number of unbranched alkanes of at least 4 members (excludes halogenated alkanes) is 2. The van der Waals surface area contributed by atoms with E-state index in [1.54, 1.807) is 11.2 Å². The first kappa shape index (κ1) is 20.1. The van der Waals surface area contributed by atoms with Gasteiger partial charge in [0, 0.05) is 12.1 Å². The molecule has 1 amide bonds. The molecule has 0 fully saturated rings. The Morgan fingerprint density at radius 1 is 0.933 bits per heavy atom. The Hall–Kier alpha value is -3.21. The maximum absolute atomic E-state index is 13.3. The van der Waals surface area contributed by atoms with Gasteiger partial charge in [-0.15, -0.1) is 0 Å². The average molecular weight is 405 g/mol. The van der Waals surface area contributed by atoms with Gasteiger partial charge in [0.05, 0.1) is 12.8 Å². The van der Waals surface area contributed by atoms with Gasteiger partial charge in [0.2, 0.25) is 6.79 Å². The van der Waals surface area contributed by atoms with Crippen molar-refractivity contribution in [2.24, 2.45) is 0 Å². The number of carbonyl (C=O) groups is 1. The van der Waals surface area contributed by atoms with Gasteiger partial charge in [-0.3, -0.25) is 4.79 Å². The molecular formula is C25H27NO4. The molecule has 2 aromatic carbocycles. The molecule has 0 saturated heterocycles. The number of hydrogen-bond donors (Lipinski definition) is 0. The molecule has 156 valence electrons. The van der Waals surface area contributed by atoms with E-state index in [9.17, 15) is 4.79 Å². The number of aryl methyl sites for hydroxylation is 1. The maximum Gasteiger partial charge on any atom is 0.254 e. The van der Waals surface area contributed by atoms with E-state index in [2.05, 4.69) is 19.1 Å². The fraction of sp³-hybridized carbons (Fsp3) is 0.320. The van der Waals surface area contributed by atoms with Gasteiger partial charge < -0.3 is 18.8 Å². The quantitative estimate of drug-likeness (QED) is 0.436. The van der Waals surface area contributed by atoms with E-state index in [0.717, 1.165) is 23.5 Å². The lowest BCUT2D eigenvalue weighted by atomic mass is 10.0. The van der Waals surface area contributed by atoms with Crippen LogP contribution in [0.5, 0.6) is 11.5 Å². The molecular weight excluding hydrogens is 378 g/mol. The zero-order valence-corrected chi connectivity index (χ0v) is 17.3. The SMILES string of the molecule is CCCCCc1ccc(C(=O)N(Cc2ccc3c(c2)OCO3)Cc2ccco2)cc1. The molecule has 30 heavy (non-hydrogen) atoms. The third-order valence-electron chi connectivity index (χ3n) is 5.29. The Bertz CT molecular complexity index is 963. The first-order chi connectivity index (χ1) is 14.7. The molecule has 1 aliphatic heterocycles. The number of ether oxygens (including phenoxy) is 2. The van der Waals surface area contributed by atoms with Gasteiger partial charge in [0.1, 0.15) is 5.76 Å². The lowest BCUT2D eigenvalue weighted by Gasteiger charge is -2.22. The summed E-state index contributed by atoms with van der Waals surface area (Å²) in [4.78, 5) is 15.1. The Balaban J connectivity index is 1.50. The van der Waals surface area contributed by atoms with Crippen LogP contribution in [0, 0.1) is 0 Å². The van der Waals surface area contributed by atoms with Crippen molar-refractivity contribution in [1.82, 2.24) is 4.90 Å². The first-order valence-corrected chi connectivity index (χ1v) is 10.5. The van der Waals surface area contributed by atoms with Crippen molar-refractivity contribution in [2.45, 2.75) is 45.7 Å². The Morgan fingerprint density at radius 2 is 1.73 bits per heavy atom. The van der Waals surface area contributed by atoms with Gasteiger partial charge in [0.15, 0.2) is 11.5 Å². The van der Waals surface area contributed by atoms with Gasteiger partial charge in [-0.2, -0.15) is 0 Å². The summed E-state index contributed by atoms with van der Waals surface area (Å²) >= 11 is 0. The molecule has 1 aliphatic rings. The Kier molecular flexibility index (Phi) is 6.38. The highest BCUT2D eigenvalue weighted by Crippen LogP contribution is 2.33. The molecule has 0 N–H and O–H groups in total. The summed E-state index contributed by atoms with van der Waals surface area (Å²) in [5, 5.41) is 0. The van der Waals surface area contributed by atoms with Crippen molar-refractivity contribution >= 4 is 5.91 Å². The number of rotatable bonds is 9. The number of carbonyl (C=O) groups excluding carboxylic acids is 1. The molecule has 0 saturated carbocycles. The molecule has 0 aliphatic carbocycles. The molecule has 5 heteroatoms. The molecule has 0 spiro atoms. The molecule has 2 heterocycles. The second-order valence-electron chi connectivity index (χ2n) is 7.58. The predicted octanol–water partition coefficient (Wildman–Crippen LogP) is 5.58. The van der Waals surface area contributed by atoms with E-state index in [1.165, 1.54) is 24.8 Å². The maximum atomic E-state index is 13.3. The minimum atomic E-state index is -0.0239. The monoisotopic (exact) mass is 405 g/mol. The van der Waals surface area contributed by atoms with Crippen LogP contribution in [-0.4, -0.2) is 17.6 Å². The number of benzene rings is 2. The fourth-order valence-corrected chi connectivity index (χ4v) is 3.63.